The molecular weight excluding hydrogens is 446 g/mol. The van der Waals surface area contributed by atoms with Crippen molar-refractivity contribution in [2.24, 2.45) is 5.11 Å². The van der Waals surface area contributed by atoms with Gasteiger partial charge in [-0.3, -0.25) is 0 Å². The van der Waals surface area contributed by atoms with Crippen LogP contribution >= 0.6 is 0 Å². The maximum absolute atomic E-state index is 9.22. The summed E-state index contributed by atoms with van der Waals surface area (Å²) in [5.74, 6) is 0. The molecule has 0 radical (unpaired) electrons. The molecule has 35 heavy (non-hydrogen) atoms. The zero-order valence-corrected chi connectivity index (χ0v) is 19.1. The lowest BCUT2D eigenvalue weighted by Gasteiger charge is -2.48. The molecule has 3 aromatic carbocycles. The summed E-state index contributed by atoms with van der Waals surface area (Å²) in [6, 6.07) is 29.5. The van der Waals surface area contributed by atoms with E-state index in [4.69, 9.17) is 23.7 Å². The molecule has 0 bridgehead atoms. The number of nitrogens with zero attached hydrogens (tertiary/aromatic N) is 3. The highest BCUT2D eigenvalue weighted by molar-refractivity contribution is 5.17. The van der Waals surface area contributed by atoms with Crippen molar-refractivity contribution in [3.8, 4) is 0 Å². The van der Waals surface area contributed by atoms with Crippen LogP contribution < -0.4 is 0 Å². The molecule has 8 heteroatoms. The average molecular weight is 474 g/mol. The minimum Gasteiger partial charge on any atom is -0.368 e. The molecule has 0 saturated carbocycles. The lowest BCUT2D eigenvalue weighted by atomic mass is 9.96. The largest absolute Gasteiger partial charge is 0.368 e. The van der Waals surface area contributed by atoms with Gasteiger partial charge in [0.05, 0.1) is 19.8 Å². The minimum absolute atomic E-state index is 0.276. The molecule has 2 fully saturated rings. The smallest absolute Gasteiger partial charge is 0.184 e. The van der Waals surface area contributed by atoms with Gasteiger partial charge in [-0.15, -0.1) is 0 Å². The molecule has 2 aliphatic rings. The first-order valence-corrected chi connectivity index (χ1v) is 11.6. The maximum atomic E-state index is 9.22. The summed E-state index contributed by atoms with van der Waals surface area (Å²) in [7, 11) is 0. The Morgan fingerprint density at radius 3 is 1.94 bits per heavy atom. The van der Waals surface area contributed by atoms with Gasteiger partial charge in [-0.1, -0.05) is 96.1 Å². The molecule has 2 saturated heterocycles. The molecule has 8 nitrogen and oxygen atoms in total. The van der Waals surface area contributed by atoms with E-state index >= 15 is 0 Å². The first kappa shape index (κ1) is 23.5. The molecule has 2 aliphatic heterocycles. The Kier molecular flexibility index (Phi) is 7.70. The van der Waals surface area contributed by atoms with E-state index in [1.165, 1.54) is 0 Å². The SMILES string of the molecule is [N-]=[N+]=N[C@@H]1O[C@@H]2COC(c3ccccc3)O[C@@H]2[C@H](OCc2ccccc2)[C@H]1OCc1ccccc1. The summed E-state index contributed by atoms with van der Waals surface area (Å²) in [6.07, 6.45) is -3.62. The third kappa shape index (κ3) is 5.71. The van der Waals surface area contributed by atoms with Gasteiger partial charge in [-0.05, 0) is 16.7 Å². The third-order valence-corrected chi connectivity index (χ3v) is 6.11. The summed E-state index contributed by atoms with van der Waals surface area (Å²) in [6.45, 7) is 0.939. The summed E-state index contributed by atoms with van der Waals surface area (Å²) < 4.78 is 31.2. The van der Waals surface area contributed by atoms with Gasteiger partial charge in [0.25, 0.3) is 0 Å². The molecule has 0 amide bonds. The standard InChI is InChI=1S/C27H27N3O5/c28-30-29-26-25(32-17-20-12-6-2-7-13-20)24(31-16-19-10-4-1-5-11-19)23-22(34-26)18-33-27(35-23)21-14-8-3-9-15-21/h1-15,22-27H,16-18H2/t22-,23+,24+,25-,26-,27?/m1/s1. The van der Waals surface area contributed by atoms with Crippen molar-refractivity contribution >= 4 is 0 Å². The van der Waals surface area contributed by atoms with E-state index in [-0.39, 0.29) is 6.61 Å². The molecule has 0 aromatic heterocycles. The molecule has 0 spiro atoms. The van der Waals surface area contributed by atoms with Crippen LogP contribution in [0.1, 0.15) is 23.0 Å². The molecule has 180 valence electrons. The van der Waals surface area contributed by atoms with Crippen molar-refractivity contribution in [2.45, 2.75) is 50.1 Å². The van der Waals surface area contributed by atoms with Crippen LogP contribution in [0, 0.1) is 0 Å². The second-order valence-electron chi connectivity index (χ2n) is 8.47. The fourth-order valence-electron chi connectivity index (χ4n) is 4.39. The number of rotatable bonds is 8. The van der Waals surface area contributed by atoms with Crippen molar-refractivity contribution < 1.29 is 23.7 Å². The third-order valence-electron chi connectivity index (χ3n) is 6.11. The molecule has 0 N–H and O–H groups in total. The monoisotopic (exact) mass is 473 g/mol. The van der Waals surface area contributed by atoms with Crippen molar-refractivity contribution in [1.82, 2.24) is 0 Å². The lowest BCUT2D eigenvalue weighted by Crippen LogP contribution is -2.62. The highest BCUT2D eigenvalue weighted by Crippen LogP contribution is 2.37. The van der Waals surface area contributed by atoms with E-state index < -0.39 is 36.9 Å². The highest BCUT2D eigenvalue weighted by atomic mass is 16.7. The zero-order chi connectivity index (χ0) is 23.9. The van der Waals surface area contributed by atoms with Gasteiger partial charge in [0, 0.05) is 10.5 Å². The van der Waals surface area contributed by atoms with Crippen molar-refractivity contribution in [1.29, 1.82) is 0 Å². The van der Waals surface area contributed by atoms with Crippen LogP contribution in [0.25, 0.3) is 10.4 Å². The van der Waals surface area contributed by atoms with Crippen LogP contribution in [0.3, 0.4) is 0 Å². The molecule has 1 unspecified atom stereocenters. The number of hydrogen-bond donors (Lipinski definition) is 0. The summed E-state index contributed by atoms with van der Waals surface area (Å²) in [4.78, 5) is 3.00. The van der Waals surface area contributed by atoms with Crippen LogP contribution in [0.2, 0.25) is 0 Å². The summed E-state index contributed by atoms with van der Waals surface area (Å²) >= 11 is 0. The first-order chi connectivity index (χ1) is 17.3. The van der Waals surface area contributed by atoms with E-state index in [1.807, 2.05) is 91.0 Å². The summed E-state index contributed by atoms with van der Waals surface area (Å²) in [5.41, 5.74) is 12.1. The van der Waals surface area contributed by atoms with E-state index in [0.29, 0.717) is 13.2 Å². The minimum atomic E-state index is -0.883. The number of ether oxygens (including phenoxy) is 5. The van der Waals surface area contributed by atoms with Gasteiger partial charge in [-0.25, -0.2) is 0 Å². The van der Waals surface area contributed by atoms with Crippen LogP contribution in [0.5, 0.6) is 0 Å². The Bertz CT molecular complexity index is 1110. The predicted molar refractivity (Wildman–Crippen MR) is 128 cm³/mol. The van der Waals surface area contributed by atoms with Gasteiger partial charge < -0.3 is 23.7 Å². The fraction of sp³-hybridized carbons (Fsp3) is 0.333. The molecular formula is C27H27N3O5. The first-order valence-electron chi connectivity index (χ1n) is 11.6. The molecule has 0 aliphatic carbocycles. The van der Waals surface area contributed by atoms with Crippen molar-refractivity contribution in [3.63, 3.8) is 0 Å². The molecule has 3 aromatic rings. The fourth-order valence-corrected chi connectivity index (χ4v) is 4.39. The van der Waals surface area contributed by atoms with E-state index in [1.54, 1.807) is 0 Å². The Morgan fingerprint density at radius 2 is 1.34 bits per heavy atom. The highest BCUT2D eigenvalue weighted by Gasteiger charge is 2.51. The molecule has 6 atom stereocenters. The Balaban J connectivity index is 1.41. The second kappa shape index (κ2) is 11.5. The summed E-state index contributed by atoms with van der Waals surface area (Å²) in [5, 5.41) is 3.89. The van der Waals surface area contributed by atoms with Gasteiger partial charge in [0.15, 0.2) is 12.5 Å². The number of hydrogen-bond acceptors (Lipinski definition) is 6. The van der Waals surface area contributed by atoms with Gasteiger partial charge in [0.1, 0.15) is 24.4 Å². The van der Waals surface area contributed by atoms with E-state index in [2.05, 4.69) is 10.0 Å². The average Bonchev–Trinajstić information content (AvgIpc) is 2.92. The van der Waals surface area contributed by atoms with E-state index in [9.17, 15) is 5.53 Å². The van der Waals surface area contributed by atoms with Crippen LogP contribution in [-0.4, -0.2) is 37.3 Å². The number of fused-ring (bicyclic) bond motifs is 1. The Hall–Kier alpha value is -3.23. The Morgan fingerprint density at radius 1 is 0.771 bits per heavy atom. The maximum Gasteiger partial charge on any atom is 0.184 e. The second-order valence-corrected chi connectivity index (χ2v) is 8.47. The number of benzene rings is 3. The lowest BCUT2D eigenvalue weighted by molar-refractivity contribution is -0.339. The van der Waals surface area contributed by atoms with Crippen molar-refractivity contribution in [3.05, 3.63) is 118 Å². The normalized spacial score (nSPS) is 28.0. The predicted octanol–water partition coefficient (Wildman–Crippen LogP) is 5.31. The zero-order valence-electron chi connectivity index (χ0n) is 19.1. The van der Waals surface area contributed by atoms with Crippen LogP contribution in [0.4, 0.5) is 0 Å². The topological polar surface area (TPSA) is 94.9 Å². The molecule has 2 heterocycles. The van der Waals surface area contributed by atoms with Crippen molar-refractivity contribution in [2.75, 3.05) is 6.61 Å². The van der Waals surface area contributed by atoms with Crippen LogP contribution in [0.15, 0.2) is 96.1 Å². The number of azide groups is 1. The van der Waals surface area contributed by atoms with Gasteiger partial charge in [-0.2, -0.15) is 0 Å². The van der Waals surface area contributed by atoms with E-state index in [0.717, 1.165) is 16.7 Å². The quantitative estimate of drug-likeness (QED) is 0.251. The van der Waals surface area contributed by atoms with Gasteiger partial charge >= 0.3 is 0 Å². The van der Waals surface area contributed by atoms with Gasteiger partial charge in [0.2, 0.25) is 0 Å². The Labute approximate surface area is 204 Å². The van der Waals surface area contributed by atoms with Crippen LogP contribution in [-0.2, 0) is 36.9 Å². The molecule has 5 rings (SSSR count).